The standard InChI is InChI=1S/C9H6ClN3O4/c1-5(14)12(15)7-2-6(4-11)3-8(9(7)10)13(16)17/h2-3,15H,1H3. The van der Waals surface area contributed by atoms with E-state index in [1.54, 1.807) is 6.07 Å². The quantitative estimate of drug-likeness (QED) is 0.493. The van der Waals surface area contributed by atoms with E-state index in [9.17, 15) is 20.1 Å². The van der Waals surface area contributed by atoms with Crippen molar-refractivity contribution >= 4 is 28.9 Å². The Labute approximate surface area is 101 Å². The van der Waals surface area contributed by atoms with Gasteiger partial charge in [-0.25, -0.2) is 0 Å². The lowest BCUT2D eigenvalue weighted by Crippen LogP contribution is -2.24. The SMILES string of the molecule is CC(=O)N(O)c1cc(C#N)cc([N+](=O)[O-])c1Cl. The minimum absolute atomic E-state index is 0.0867. The molecule has 0 aromatic heterocycles. The summed E-state index contributed by atoms with van der Waals surface area (Å²) in [6, 6.07) is 3.71. The molecule has 1 aromatic rings. The van der Waals surface area contributed by atoms with Crippen LogP contribution < -0.4 is 5.06 Å². The average molecular weight is 256 g/mol. The van der Waals surface area contributed by atoms with Gasteiger partial charge in [0.05, 0.1) is 22.2 Å². The van der Waals surface area contributed by atoms with E-state index in [0.717, 1.165) is 19.1 Å². The van der Waals surface area contributed by atoms with Crippen LogP contribution in [0.2, 0.25) is 5.02 Å². The Balaban J connectivity index is 3.50. The maximum absolute atomic E-state index is 10.9. The number of benzene rings is 1. The monoisotopic (exact) mass is 255 g/mol. The number of nitrogens with zero attached hydrogens (tertiary/aromatic N) is 3. The van der Waals surface area contributed by atoms with Crippen LogP contribution in [-0.4, -0.2) is 16.0 Å². The Kier molecular flexibility index (Phi) is 3.62. The highest BCUT2D eigenvalue weighted by Crippen LogP contribution is 2.35. The van der Waals surface area contributed by atoms with Gasteiger partial charge in [-0.15, -0.1) is 0 Å². The highest BCUT2D eigenvalue weighted by Gasteiger charge is 2.22. The summed E-state index contributed by atoms with van der Waals surface area (Å²) in [5, 5.41) is 28.5. The van der Waals surface area contributed by atoms with E-state index in [2.05, 4.69) is 0 Å². The predicted molar refractivity (Wildman–Crippen MR) is 57.8 cm³/mol. The first kappa shape index (κ1) is 12.9. The van der Waals surface area contributed by atoms with Crippen LogP contribution in [0.25, 0.3) is 0 Å². The second kappa shape index (κ2) is 4.78. The van der Waals surface area contributed by atoms with Gasteiger partial charge in [-0.1, -0.05) is 11.6 Å². The molecule has 7 nitrogen and oxygen atoms in total. The Morgan fingerprint density at radius 2 is 2.24 bits per heavy atom. The summed E-state index contributed by atoms with van der Waals surface area (Å²) in [5.74, 6) is -0.781. The average Bonchev–Trinajstić information content (AvgIpc) is 2.27. The van der Waals surface area contributed by atoms with E-state index >= 15 is 0 Å². The molecule has 1 rings (SSSR count). The number of hydroxylamine groups is 1. The Morgan fingerprint density at radius 3 is 2.65 bits per heavy atom. The Bertz CT molecular complexity index is 538. The van der Waals surface area contributed by atoms with Gasteiger partial charge in [0.25, 0.3) is 5.69 Å². The first-order valence-corrected chi connectivity index (χ1v) is 4.64. The molecule has 0 spiro atoms. The fraction of sp³-hybridized carbons (Fsp3) is 0.111. The molecule has 0 aliphatic rings. The number of nitriles is 1. The molecule has 1 aromatic carbocycles. The number of carbonyl (C=O) groups excluding carboxylic acids is 1. The fourth-order valence-electron chi connectivity index (χ4n) is 1.12. The van der Waals surface area contributed by atoms with Crippen LogP contribution in [-0.2, 0) is 4.79 Å². The summed E-state index contributed by atoms with van der Waals surface area (Å²) in [6.07, 6.45) is 0. The van der Waals surface area contributed by atoms with Crippen LogP contribution in [0.4, 0.5) is 11.4 Å². The van der Waals surface area contributed by atoms with Crippen molar-refractivity contribution in [3.8, 4) is 6.07 Å². The third-order valence-corrected chi connectivity index (χ3v) is 2.27. The molecule has 0 radical (unpaired) electrons. The van der Waals surface area contributed by atoms with Crippen molar-refractivity contribution in [1.29, 1.82) is 5.26 Å². The molecule has 1 amide bonds. The normalized spacial score (nSPS) is 9.53. The first-order valence-electron chi connectivity index (χ1n) is 4.26. The molecule has 0 heterocycles. The lowest BCUT2D eigenvalue weighted by atomic mass is 10.2. The van der Waals surface area contributed by atoms with Gasteiger partial charge in [0.15, 0.2) is 0 Å². The lowest BCUT2D eigenvalue weighted by molar-refractivity contribution is -0.384. The summed E-state index contributed by atoms with van der Waals surface area (Å²) in [5.41, 5.74) is -0.942. The zero-order valence-electron chi connectivity index (χ0n) is 8.55. The molecule has 0 bridgehead atoms. The van der Waals surface area contributed by atoms with Gasteiger partial charge in [-0.3, -0.25) is 20.1 Å². The van der Waals surface area contributed by atoms with Crippen LogP contribution in [0.15, 0.2) is 12.1 Å². The van der Waals surface area contributed by atoms with Crippen molar-refractivity contribution in [2.24, 2.45) is 0 Å². The van der Waals surface area contributed by atoms with E-state index in [1.165, 1.54) is 0 Å². The van der Waals surface area contributed by atoms with E-state index in [4.69, 9.17) is 16.9 Å². The van der Waals surface area contributed by atoms with Crippen LogP contribution in [0.5, 0.6) is 0 Å². The number of anilines is 1. The van der Waals surface area contributed by atoms with Crippen LogP contribution in [0, 0.1) is 21.4 Å². The minimum atomic E-state index is -0.805. The largest absolute Gasteiger partial charge is 0.291 e. The zero-order chi connectivity index (χ0) is 13.2. The van der Waals surface area contributed by atoms with Crippen molar-refractivity contribution in [1.82, 2.24) is 0 Å². The number of hydrogen-bond donors (Lipinski definition) is 1. The van der Waals surface area contributed by atoms with Gasteiger partial charge >= 0.3 is 0 Å². The van der Waals surface area contributed by atoms with Gasteiger partial charge in [0.1, 0.15) is 5.02 Å². The first-order chi connectivity index (χ1) is 7.88. The van der Waals surface area contributed by atoms with Crippen LogP contribution in [0.3, 0.4) is 0 Å². The third kappa shape index (κ3) is 2.50. The second-order valence-electron chi connectivity index (χ2n) is 3.03. The maximum atomic E-state index is 10.9. The second-order valence-corrected chi connectivity index (χ2v) is 3.41. The molecule has 0 unspecified atom stereocenters. The highest BCUT2D eigenvalue weighted by molar-refractivity contribution is 6.35. The van der Waals surface area contributed by atoms with Gasteiger partial charge < -0.3 is 0 Å². The van der Waals surface area contributed by atoms with Crippen molar-refractivity contribution in [2.75, 3.05) is 5.06 Å². The summed E-state index contributed by atoms with van der Waals surface area (Å²) >= 11 is 5.67. The van der Waals surface area contributed by atoms with Crippen molar-refractivity contribution in [3.63, 3.8) is 0 Å². The number of rotatable bonds is 2. The summed E-state index contributed by atoms with van der Waals surface area (Å²) in [7, 11) is 0. The van der Waals surface area contributed by atoms with Crippen molar-refractivity contribution in [2.45, 2.75) is 6.92 Å². The van der Waals surface area contributed by atoms with Gasteiger partial charge in [0, 0.05) is 13.0 Å². The molecule has 0 atom stereocenters. The van der Waals surface area contributed by atoms with E-state index in [1.807, 2.05) is 0 Å². The van der Waals surface area contributed by atoms with Crippen molar-refractivity contribution in [3.05, 3.63) is 32.8 Å². The minimum Gasteiger partial charge on any atom is -0.281 e. The predicted octanol–water partition coefficient (Wildman–Crippen LogP) is 1.86. The lowest BCUT2D eigenvalue weighted by Gasteiger charge is -2.14. The molecule has 88 valence electrons. The number of nitro benzene ring substituents is 1. The highest BCUT2D eigenvalue weighted by atomic mass is 35.5. The fourth-order valence-corrected chi connectivity index (χ4v) is 1.37. The number of halogens is 1. The molecule has 0 aliphatic heterocycles. The molecule has 0 aliphatic carbocycles. The Morgan fingerprint density at radius 1 is 1.65 bits per heavy atom. The molecule has 0 saturated carbocycles. The molecule has 0 saturated heterocycles. The topological polar surface area (TPSA) is 107 Å². The maximum Gasteiger partial charge on any atom is 0.291 e. The third-order valence-electron chi connectivity index (χ3n) is 1.89. The zero-order valence-corrected chi connectivity index (χ0v) is 9.30. The smallest absolute Gasteiger partial charge is 0.281 e. The Hall–Kier alpha value is -2.17. The van der Waals surface area contributed by atoms with Gasteiger partial charge in [-0.05, 0) is 6.07 Å². The number of hydrogen-bond acceptors (Lipinski definition) is 5. The summed E-state index contributed by atoms with van der Waals surface area (Å²) < 4.78 is 0. The van der Waals surface area contributed by atoms with Crippen LogP contribution in [0.1, 0.15) is 12.5 Å². The molecule has 8 heteroatoms. The van der Waals surface area contributed by atoms with E-state index in [-0.39, 0.29) is 16.3 Å². The number of nitro groups is 1. The molecule has 17 heavy (non-hydrogen) atoms. The number of carbonyl (C=O) groups is 1. The van der Waals surface area contributed by atoms with Crippen molar-refractivity contribution < 1.29 is 14.9 Å². The summed E-state index contributed by atoms with van der Waals surface area (Å²) in [4.78, 5) is 20.8. The molecule has 1 N–H and O–H groups in total. The van der Waals surface area contributed by atoms with E-state index < -0.39 is 21.5 Å². The molecular formula is C9H6ClN3O4. The number of amides is 1. The van der Waals surface area contributed by atoms with E-state index in [0.29, 0.717) is 0 Å². The van der Waals surface area contributed by atoms with Crippen LogP contribution >= 0.6 is 11.6 Å². The summed E-state index contributed by atoms with van der Waals surface area (Å²) in [6.45, 7) is 1.04. The van der Waals surface area contributed by atoms with Gasteiger partial charge in [0.2, 0.25) is 5.91 Å². The van der Waals surface area contributed by atoms with Gasteiger partial charge in [-0.2, -0.15) is 10.3 Å². The molecule has 0 fully saturated rings. The molecular weight excluding hydrogens is 250 g/mol.